The first-order chi connectivity index (χ1) is 14.8. The molecule has 5 heteroatoms. The van der Waals surface area contributed by atoms with Gasteiger partial charge in [-0.1, -0.05) is 37.6 Å². The van der Waals surface area contributed by atoms with E-state index in [-0.39, 0.29) is 0 Å². The third kappa shape index (κ3) is 5.42. The zero-order valence-electron chi connectivity index (χ0n) is 18.6. The van der Waals surface area contributed by atoms with Gasteiger partial charge in [-0.15, -0.1) is 0 Å². The standard InChI is InChI=1S/C26H33ClN2O2/c1-26(2)12-11-24(19-3-7-22(27)8-4-19)21(17-26)18-28-13-15-29(16-14-28)23-9-5-20(6-10-23)25(30)31/h3-10,21,24H,11-18H2,1-2H3,(H,30,31). The van der Waals surface area contributed by atoms with Gasteiger partial charge in [-0.3, -0.25) is 4.90 Å². The molecule has 0 amide bonds. The van der Waals surface area contributed by atoms with Crippen molar-refractivity contribution in [3.05, 3.63) is 64.7 Å². The van der Waals surface area contributed by atoms with Crippen LogP contribution in [0.15, 0.2) is 48.5 Å². The first-order valence-corrected chi connectivity index (χ1v) is 11.7. The highest BCUT2D eigenvalue weighted by Gasteiger charge is 2.36. The van der Waals surface area contributed by atoms with Crippen LogP contribution in [0.3, 0.4) is 0 Å². The molecule has 1 heterocycles. The van der Waals surface area contributed by atoms with E-state index < -0.39 is 5.97 Å². The first kappa shape index (κ1) is 22.2. The highest BCUT2D eigenvalue weighted by atomic mass is 35.5. The Morgan fingerprint density at radius 1 is 1.03 bits per heavy atom. The van der Waals surface area contributed by atoms with Gasteiger partial charge >= 0.3 is 5.97 Å². The Balaban J connectivity index is 1.39. The van der Waals surface area contributed by atoms with Crippen molar-refractivity contribution >= 4 is 23.3 Å². The number of carbonyl (C=O) groups is 1. The van der Waals surface area contributed by atoms with E-state index in [9.17, 15) is 4.79 Å². The van der Waals surface area contributed by atoms with Crippen LogP contribution in [0.5, 0.6) is 0 Å². The number of carboxylic acid groups (broad SMARTS) is 1. The van der Waals surface area contributed by atoms with Crippen LogP contribution >= 0.6 is 11.6 Å². The highest BCUT2D eigenvalue weighted by Crippen LogP contribution is 2.46. The number of anilines is 1. The molecule has 2 aromatic rings. The molecule has 2 aliphatic rings. The molecule has 4 nitrogen and oxygen atoms in total. The van der Waals surface area contributed by atoms with Crippen molar-refractivity contribution in [3.8, 4) is 0 Å². The molecule has 0 bridgehead atoms. The van der Waals surface area contributed by atoms with Gasteiger partial charge in [-0.2, -0.15) is 0 Å². The Labute approximate surface area is 190 Å². The Morgan fingerprint density at radius 3 is 2.29 bits per heavy atom. The van der Waals surface area contributed by atoms with Crippen LogP contribution < -0.4 is 4.90 Å². The molecule has 0 radical (unpaired) electrons. The summed E-state index contributed by atoms with van der Waals surface area (Å²) in [6.45, 7) is 10.0. The van der Waals surface area contributed by atoms with Crippen molar-refractivity contribution in [2.45, 2.75) is 39.0 Å². The molecule has 166 valence electrons. The van der Waals surface area contributed by atoms with Crippen molar-refractivity contribution in [2.24, 2.45) is 11.3 Å². The quantitative estimate of drug-likeness (QED) is 0.640. The van der Waals surface area contributed by atoms with E-state index in [0.29, 0.717) is 22.8 Å². The van der Waals surface area contributed by atoms with Crippen LogP contribution in [0.4, 0.5) is 5.69 Å². The van der Waals surface area contributed by atoms with Crippen LogP contribution in [0.25, 0.3) is 0 Å². The van der Waals surface area contributed by atoms with Gasteiger partial charge < -0.3 is 10.0 Å². The van der Waals surface area contributed by atoms with E-state index in [2.05, 4.69) is 35.8 Å². The normalized spacial score (nSPS) is 24.2. The Morgan fingerprint density at radius 2 is 1.68 bits per heavy atom. The predicted molar refractivity (Wildman–Crippen MR) is 127 cm³/mol. The van der Waals surface area contributed by atoms with Crippen molar-refractivity contribution in [1.82, 2.24) is 4.90 Å². The van der Waals surface area contributed by atoms with Crippen molar-refractivity contribution in [2.75, 3.05) is 37.6 Å². The molecule has 1 aliphatic heterocycles. The maximum atomic E-state index is 11.1. The van der Waals surface area contributed by atoms with Gasteiger partial charge in [0.05, 0.1) is 5.56 Å². The maximum absolute atomic E-state index is 11.1. The lowest BCUT2D eigenvalue weighted by Gasteiger charge is -2.45. The Hall–Kier alpha value is -2.04. The van der Waals surface area contributed by atoms with Crippen LogP contribution in [-0.2, 0) is 0 Å². The van der Waals surface area contributed by atoms with Crippen molar-refractivity contribution < 1.29 is 9.90 Å². The number of benzene rings is 2. The minimum Gasteiger partial charge on any atom is -0.478 e. The topological polar surface area (TPSA) is 43.8 Å². The minimum absolute atomic E-state index is 0.343. The molecule has 1 saturated carbocycles. The number of rotatable bonds is 5. The minimum atomic E-state index is -0.873. The molecule has 1 N–H and O–H groups in total. The summed E-state index contributed by atoms with van der Waals surface area (Å²) in [7, 11) is 0. The van der Waals surface area contributed by atoms with E-state index in [1.54, 1.807) is 12.1 Å². The largest absolute Gasteiger partial charge is 0.478 e. The van der Waals surface area contributed by atoms with Crippen LogP contribution in [0.2, 0.25) is 5.02 Å². The lowest BCUT2D eigenvalue weighted by atomic mass is 9.65. The zero-order chi connectivity index (χ0) is 22.0. The van der Waals surface area contributed by atoms with E-state index >= 15 is 0 Å². The van der Waals surface area contributed by atoms with Crippen molar-refractivity contribution in [3.63, 3.8) is 0 Å². The van der Waals surface area contributed by atoms with Gasteiger partial charge in [0.15, 0.2) is 0 Å². The van der Waals surface area contributed by atoms with Crippen LogP contribution in [-0.4, -0.2) is 48.7 Å². The molecule has 31 heavy (non-hydrogen) atoms. The van der Waals surface area contributed by atoms with Gasteiger partial charge in [0, 0.05) is 43.4 Å². The van der Waals surface area contributed by atoms with E-state index in [4.69, 9.17) is 16.7 Å². The highest BCUT2D eigenvalue weighted by molar-refractivity contribution is 6.30. The zero-order valence-corrected chi connectivity index (χ0v) is 19.3. The summed E-state index contributed by atoms with van der Waals surface area (Å²) in [6.07, 6.45) is 3.78. The predicted octanol–water partition coefficient (Wildman–Crippen LogP) is 5.77. The van der Waals surface area contributed by atoms with Crippen molar-refractivity contribution in [1.29, 1.82) is 0 Å². The molecule has 2 unspecified atom stereocenters. The molecule has 1 saturated heterocycles. The molecular formula is C26H33ClN2O2. The van der Waals surface area contributed by atoms with Gasteiger partial charge in [-0.05, 0) is 78.5 Å². The van der Waals surface area contributed by atoms with Gasteiger partial charge in [0.1, 0.15) is 0 Å². The number of aromatic carboxylic acids is 1. The van der Waals surface area contributed by atoms with Gasteiger partial charge in [0.2, 0.25) is 0 Å². The summed E-state index contributed by atoms with van der Waals surface area (Å²) < 4.78 is 0. The van der Waals surface area contributed by atoms with Crippen LogP contribution in [0.1, 0.15) is 54.9 Å². The van der Waals surface area contributed by atoms with Gasteiger partial charge in [-0.25, -0.2) is 4.79 Å². The average Bonchev–Trinajstić information content (AvgIpc) is 2.75. The molecular weight excluding hydrogens is 408 g/mol. The molecule has 1 aliphatic carbocycles. The Bertz CT molecular complexity index is 887. The average molecular weight is 441 g/mol. The third-order valence-corrected chi connectivity index (χ3v) is 7.41. The smallest absolute Gasteiger partial charge is 0.335 e. The fourth-order valence-corrected chi connectivity index (χ4v) is 5.54. The van der Waals surface area contributed by atoms with E-state index in [1.807, 2.05) is 24.3 Å². The second-order valence-corrected chi connectivity index (χ2v) is 10.4. The number of halogens is 1. The fraction of sp³-hybridized carbons (Fsp3) is 0.500. The first-order valence-electron chi connectivity index (χ1n) is 11.4. The summed E-state index contributed by atoms with van der Waals surface area (Å²) in [6, 6.07) is 15.8. The summed E-state index contributed by atoms with van der Waals surface area (Å²) in [4.78, 5) is 16.1. The molecule has 2 aromatic carbocycles. The summed E-state index contributed by atoms with van der Waals surface area (Å²) >= 11 is 6.13. The molecule has 0 aromatic heterocycles. The summed E-state index contributed by atoms with van der Waals surface area (Å²) in [5.74, 6) is 0.389. The SMILES string of the molecule is CC1(C)CCC(c2ccc(Cl)cc2)C(CN2CCN(c3ccc(C(=O)O)cc3)CC2)C1. The van der Waals surface area contributed by atoms with E-state index in [1.165, 1.54) is 24.8 Å². The third-order valence-electron chi connectivity index (χ3n) is 7.16. The monoisotopic (exact) mass is 440 g/mol. The number of hydrogen-bond donors (Lipinski definition) is 1. The second kappa shape index (κ2) is 9.22. The van der Waals surface area contributed by atoms with Gasteiger partial charge in [0.25, 0.3) is 0 Å². The number of nitrogens with zero attached hydrogens (tertiary/aromatic N) is 2. The molecule has 0 spiro atoms. The lowest BCUT2D eigenvalue weighted by molar-refractivity contribution is 0.0697. The molecule has 2 fully saturated rings. The number of carboxylic acids is 1. The summed E-state index contributed by atoms with van der Waals surface area (Å²) in [5.41, 5.74) is 3.29. The summed E-state index contributed by atoms with van der Waals surface area (Å²) in [5, 5.41) is 9.91. The lowest BCUT2D eigenvalue weighted by Crippen LogP contribution is -2.49. The Kier molecular flexibility index (Phi) is 6.59. The van der Waals surface area contributed by atoms with E-state index in [0.717, 1.165) is 43.4 Å². The molecule has 2 atom stereocenters. The molecule has 4 rings (SSSR count). The van der Waals surface area contributed by atoms with Crippen LogP contribution in [0, 0.1) is 11.3 Å². The number of piperazine rings is 1. The maximum Gasteiger partial charge on any atom is 0.335 e. The second-order valence-electron chi connectivity index (χ2n) is 9.96. The fourth-order valence-electron chi connectivity index (χ4n) is 5.41. The number of hydrogen-bond acceptors (Lipinski definition) is 3.